The molecule has 1 aliphatic carbocycles. The number of amides is 1. The van der Waals surface area contributed by atoms with Gasteiger partial charge in [-0.3, -0.25) is 9.78 Å². The fourth-order valence-corrected chi connectivity index (χ4v) is 3.68. The molecule has 0 atom stereocenters. The second-order valence-corrected chi connectivity index (χ2v) is 7.47. The average Bonchev–Trinajstić information content (AvgIpc) is 3.20. The van der Waals surface area contributed by atoms with Crippen LogP contribution in [0.15, 0.2) is 71.6 Å². The molecule has 32 heavy (non-hydrogen) atoms. The zero-order chi connectivity index (χ0) is 22.3. The van der Waals surface area contributed by atoms with E-state index in [9.17, 15) is 18.0 Å². The minimum Gasteiger partial charge on any atom is -0.356 e. The number of halogens is 3. The first-order valence-electron chi connectivity index (χ1n) is 9.79. The van der Waals surface area contributed by atoms with E-state index in [1.54, 1.807) is 36.5 Å². The molecule has 1 N–H and O–H groups in total. The molecule has 7 nitrogen and oxygen atoms in total. The molecule has 1 aromatic carbocycles. The first-order chi connectivity index (χ1) is 15.4. The molecular formula is C22H16F3N5O2. The number of alkyl halides is 3. The maximum Gasteiger partial charge on any atom is 0.504 e. The largest absolute Gasteiger partial charge is 0.504 e. The fraction of sp³-hybridized carbons (Fsp3) is 0.182. The molecule has 1 amide bonds. The monoisotopic (exact) mass is 439 g/mol. The molecule has 10 heteroatoms. The molecule has 0 aliphatic heterocycles. The molecule has 0 spiro atoms. The number of carbonyl (C=O) groups excluding carboxylic acids is 1. The zero-order valence-corrected chi connectivity index (χ0v) is 16.5. The van der Waals surface area contributed by atoms with Crippen LogP contribution in [0.1, 0.15) is 28.9 Å². The Morgan fingerprint density at radius 3 is 2.53 bits per heavy atom. The molecule has 3 heterocycles. The molecule has 4 aromatic rings. The number of carbonyl (C=O) groups is 1. The third kappa shape index (κ3) is 3.53. The van der Waals surface area contributed by atoms with Crippen molar-refractivity contribution in [1.82, 2.24) is 25.2 Å². The summed E-state index contributed by atoms with van der Waals surface area (Å²) in [5.74, 6) is -0.131. The van der Waals surface area contributed by atoms with Gasteiger partial charge in [-0.25, -0.2) is 0 Å². The van der Waals surface area contributed by atoms with Crippen LogP contribution in [0.25, 0.3) is 22.6 Å². The molecular weight excluding hydrogens is 423 g/mol. The molecule has 0 unspecified atom stereocenters. The Labute approximate surface area is 179 Å². The quantitative estimate of drug-likeness (QED) is 0.495. The van der Waals surface area contributed by atoms with Gasteiger partial charge in [0, 0.05) is 35.2 Å². The van der Waals surface area contributed by atoms with Crippen molar-refractivity contribution in [2.24, 2.45) is 0 Å². The van der Waals surface area contributed by atoms with Crippen molar-refractivity contribution >= 4 is 5.91 Å². The van der Waals surface area contributed by atoms with Gasteiger partial charge in [-0.1, -0.05) is 23.4 Å². The summed E-state index contributed by atoms with van der Waals surface area (Å²) < 4.78 is 44.6. The predicted molar refractivity (Wildman–Crippen MR) is 107 cm³/mol. The summed E-state index contributed by atoms with van der Waals surface area (Å²) >= 11 is 0. The van der Waals surface area contributed by atoms with E-state index >= 15 is 0 Å². The molecule has 5 rings (SSSR count). The maximum absolute atomic E-state index is 13.4. The van der Waals surface area contributed by atoms with Crippen molar-refractivity contribution in [2.75, 3.05) is 0 Å². The smallest absolute Gasteiger partial charge is 0.356 e. The van der Waals surface area contributed by atoms with E-state index in [1.807, 2.05) is 12.1 Å². The van der Waals surface area contributed by atoms with Crippen molar-refractivity contribution in [3.8, 4) is 22.6 Å². The lowest BCUT2D eigenvalue weighted by Gasteiger charge is -2.19. The Morgan fingerprint density at radius 2 is 1.91 bits per heavy atom. The highest BCUT2D eigenvalue weighted by Crippen LogP contribution is 2.45. The van der Waals surface area contributed by atoms with Gasteiger partial charge in [-0.05, 0) is 37.1 Å². The average molecular weight is 439 g/mol. The number of pyridine rings is 1. The normalized spacial score (nSPS) is 14.8. The van der Waals surface area contributed by atoms with Crippen LogP contribution in [0.2, 0.25) is 0 Å². The molecule has 162 valence electrons. The van der Waals surface area contributed by atoms with Crippen LogP contribution in [-0.2, 0) is 11.8 Å². The summed E-state index contributed by atoms with van der Waals surface area (Å²) in [6.07, 6.45) is 0.635. The van der Waals surface area contributed by atoms with Gasteiger partial charge in [0.05, 0.1) is 23.1 Å². The van der Waals surface area contributed by atoms with Crippen molar-refractivity contribution in [3.63, 3.8) is 0 Å². The van der Waals surface area contributed by atoms with Crippen molar-refractivity contribution in [3.05, 3.63) is 78.4 Å². The lowest BCUT2D eigenvalue weighted by atomic mass is 9.95. The lowest BCUT2D eigenvalue weighted by Crippen LogP contribution is -2.35. The number of nitrogens with one attached hydrogen (secondary N) is 1. The third-order valence-electron chi connectivity index (χ3n) is 5.38. The van der Waals surface area contributed by atoms with Crippen molar-refractivity contribution in [2.45, 2.75) is 24.7 Å². The summed E-state index contributed by atoms with van der Waals surface area (Å²) in [4.78, 5) is 17.7. The van der Waals surface area contributed by atoms with Gasteiger partial charge in [0.25, 0.3) is 5.91 Å². The number of nitrogens with zero attached hydrogens (tertiary/aromatic N) is 4. The standard InChI is InChI=1S/C22H16F3N5O2/c23-22(24,25)30-13-8-16(29-30)19-14(17-7-12-27-32-17)4-3-5-15(19)20(31)28-21(9-10-21)18-6-1-2-11-26-18/h1-8,11-13H,9-10H2,(H,28,31). The molecule has 1 fully saturated rings. The number of benzene rings is 1. The Morgan fingerprint density at radius 1 is 1.06 bits per heavy atom. The maximum atomic E-state index is 13.4. The van der Waals surface area contributed by atoms with Crippen LogP contribution in [-0.4, -0.2) is 25.8 Å². The highest BCUT2D eigenvalue weighted by atomic mass is 19.4. The van der Waals surface area contributed by atoms with Crippen LogP contribution in [0.5, 0.6) is 0 Å². The Hall–Kier alpha value is -3.95. The van der Waals surface area contributed by atoms with Gasteiger partial charge in [-0.15, -0.1) is 13.2 Å². The van der Waals surface area contributed by atoms with Gasteiger partial charge >= 0.3 is 6.30 Å². The summed E-state index contributed by atoms with van der Waals surface area (Å²) in [5, 5.41) is 10.4. The minimum absolute atomic E-state index is 0.0119. The SMILES string of the molecule is O=C(NC1(c2ccccn2)CC1)c1cccc(-c2ccno2)c1-c1ccn(C(F)(F)F)n1. The second-order valence-electron chi connectivity index (χ2n) is 7.47. The van der Waals surface area contributed by atoms with E-state index in [2.05, 4.69) is 20.6 Å². The van der Waals surface area contributed by atoms with Gasteiger partial charge in [0.2, 0.25) is 0 Å². The van der Waals surface area contributed by atoms with Crippen LogP contribution < -0.4 is 5.32 Å². The Bertz CT molecular complexity index is 1260. The number of rotatable bonds is 5. The van der Waals surface area contributed by atoms with Crippen LogP contribution in [0.3, 0.4) is 0 Å². The number of aromatic nitrogens is 4. The summed E-state index contributed by atoms with van der Waals surface area (Å²) in [7, 11) is 0. The summed E-state index contributed by atoms with van der Waals surface area (Å²) in [5.41, 5.74) is 0.938. The van der Waals surface area contributed by atoms with Crippen molar-refractivity contribution < 1.29 is 22.5 Å². The van der Waals surface area contributed by atoms with Gasteiger partial charge in [-0.2, -0.15) is 9.78 Å². The van der Waals surface area contributed by atoms with Gasteiger partial charge < -0.3 is 9.84 Å². The van der Waals surface area contributed by atoms with E-state index in [1.165, 1.54) is 12.3 Å². The van der Waals surface area contributed by atoms with Crippen LogP contribution in [0, 0.1) is 0 Å². The van der Waals surface area contributed by atoms with E-state index < -0.39 is 17.7 Å². The predicted octanol–water partition coefficient (Wildman–Crippen LogP) is 4.50. The van der Waals surface area contributed by atoms with Crippen LogP contribution in [0.4, 0.5) is 13.2 Å². The van der Waals surface area contributed by atoms with Crippen LogP contribution >= 0.6 is 0 Å². The second kappa shape index (κ2) is 7.33. The Kier molecular flexibility index (Phi) is 4.58. The van der Waals surface area contributed by atoms with E-state index in [-0.39, 0.29) is 21.5 Å². The number of hydrogen-bond donors (Lipinski definition) is 1. The molecule has 0 bridgehead atoms. The lowest BCUT2D eigenvalue weighted by molar-refractivity contribution is -0.212. The molecule has 1 saturated carbocycles. The molecule has 0 radical (unpaired) electrons. The first kappa shape index (κ1) is 20.0. The minimum atomic E-state index is -4.68. The van der Waals surface area contributed by atoms with E-state index in [4.69, 9.17) is 4.52 Å². The highest BCUT2D eigenvalue weighted by molar-refractivity contribution is 6.04. The van der Waals surface area contributed by atoms with Crippen molar-refractivity contribution in [1.29, 1.82) is 0 Å². The topological polar surface area (TPSA) is 85.8 Å². The van der Waals surface area contributed by atoms with E-state index in [0.717, 1.165) is 24.7 Å². The third-order valence-corrected chi connectivity index (χ3v) is 5.38. The molecule has 1 aliphatic rings. The fourth-order valence-electron chi connectivity index (χ4n) is 3.68. The van der Waals surface area contributed by atoms with Gasteiger partial charge in [0.15, 0.2) is 5.76 Å². The number of hydrogen-bond acceptors (Lipinski definition) is 5. The Balaban J connectivity index is 1.59. The first-order valence-corrected chi connectivity index (χ1v) is 9.79. The molecule has 3 aromatic heterocycles. The van der Waals surface area contributed by atoms with Gasteiger partial charge in [0.1, 0.15) is 0 Å². The summed E-state index contributed by atoms with van der Waals surface area (Å²) in [6.45, 7) is 0. The zero-order valence-electron chi connectivity index (χ0n) is 16.5. The van der Waals surface area contributed by atoms with E-state index in [0.29, 0.717) is 11.3 Å². The summed E-state index contributed by atoms with van der Waals surface area (Å²) in [6, 6.07) is 13.1. The molecule has 0 saturated heterocycles. The highest BCUT2D eigenvalue weighted by Gasteiger charge is 2.47.